The molecule has 0 heterocycles. The zero-order valence-electron chi connectivity index (χ0n) is 9.04. The van der Waals surface area contributed by atoms with Gasteiger partial charge in [0.25, 0.3) is 0 Å². The van der Waals surface area contributed by atoms with Crippen LogP contribution in [0.15, 0.2) is 18.2 Å². The summed E-state index contributed by atoms with van der Waals surface area (Å²) in [6.45, 7) is 3.80. The number of aromatic hydroxyl groups is 1. The molecule has 0 aliphatic rings. The van der Waals surface area contributed by atoms with E-state index < -0.39 is 0 Å². The first-order valence-electron chi connectivity index (χ1n) is 4.78. The van der Waals surface area contributed by atoms with E-state index in [1.807, 2.05) is 33.2 Å². The van der Waals surface area contributed by atoms with Gasteiger partial charge in [0.1, 0.15) is 5.75 Å². The Bertz CT molecular complexity index is 297. The van der Waals surface area contributed by atoms with E-state index in [1.54, 1.807) is 6.07 Å². The lowest BCUT2D eigenvalue weighted by Gasteiger charge is -2.12. The minimum absolute atomic E-state index is 0.314. The molecule has 3 heteroatoms. The molecule has 1 rings (SSSR count). The van der Waals surface area contributed by atoms with Crippen LogP contribution in [0, 0.1) is 6.92 Å². The molecule has 1 aromatic carbocycles. The van der Waals surface area contributed by atoms with E-state index >= 15 is 0 Å². The van der Waals surface area contributed by atoms with Crippen LogP contribution in [0.25, 0.3) is 0 Å². The van der Waals surface area contributed by atoms with Crippen LogP contribution in [0.2, 0.25) is 0 Å². The van der Waals surface area contributed by atoms with Gasteiger partial charge in [0.05, 0.1) is 5.69 Å². The highest BCUT2D eigenvalue weighted by atomic mass is 16.3. The average Bonchev–Trinajstić information content (AvgIpc) is 2.10. The number of phenols is 1. The topological polar surface area (TPSA) is 35.5 Å². The van der Waals surface area contributed by atoms with Crippen molar-refractivity contribution < 1.29 is 5.11 Å². The number of likely N-dealkylation sites (N-methyl/N-ethyl adjacent to an activating group) is 1. The number of anilines is 1. The molecular weight excluding hydrogens is 176 g/mol. The quantitative estimate of drug-likeness (QED) is 0.716. The van der Waals surface area contributed by atoms with Crippen molar-refractivity contribution in [2.45, 2.75) is 6.92 Å². The first kappa shape index (κ1) is 10.9. The molecule has 0 aromatic heterocycles. The molecular formula is C11H18N2O. The lowest BCUT2D eigenvalue weighted by atomic mass is 10.2. The predicted octanol–water partition coefficient (Wildman–Crippen LogP) is 1.67. The van der Waals surface area contributed by atoms with Gasteiger partial charge >= 0.3 is 0 Å². The average molecular weight is 194 g/mol. The second-order valence-corrected chi connectivity index (χ2v) is 3.75. The molecule has 0 aliphatic carbocycles. The summed E-state index contributed by atoms with van der Waals surface area (Å²) < 4.78 is 0. The summed E-state index contributed by atoms with van der Waals surface area (Å²) in [6.07, 6.45) is 0. The molecule has 0 saturated carbocycles. The Labute approximate surface area is 85.4 Å². The summed E-state index contributed by atoms with van der Waals surface area (Å²) in [5.41, 5.74) is 1.96. The predicted molar refractivity (Wildman–Crippen MR) is 59.9 cm³/mol. The maximum absolute atomic E-state index is 9.52. The van der Waals surface area contributed by atoms with Gasteiger partial charge in [-0.15, -0.1) is 0 Å². The van der Waals surface area contributed by atoms with E-state index in [1.165, 1.54) is 0 Å². The lowest BCUT2D eigenvalue weighted by Crippen LogP contribution is -2.20. The Balaban J connectivity index is 2.53. The largest absolute Gasteiger partial charge is 0.506 e. The SMILES string of the molecule is Cc1ccc(O)c(NCCN(C)C)c1. The van der Waals surface area contributed by atoms with Crippen molar-refractivity contribution >= 4 is 5.69 Å². The number of phenolic OH excluding ortho intramolecular Hbond substituents is 1. The number of hydrogen-bond donors (Lipinski definition) is 2. The zero-order valence-corrected chi connectivity index (χ0v) is 9.04. The molecule has 0 bridgehead atoms. The van der Waals surface area contributed by atoms with Crippen molar-refractivity contribution in [3.05, 3.63) is 23.8 Å². The van der Waals surface area contributed by atoms with E-state index in [4.69, 9.17) is 0 Å². The number of nitrogens with zero attached hydrogens (tertiary/aromatic N) is 1. The normalized spacial score (nSPS) is 10.6. The van der Waals surface area contributed by atoms with Gasteiger partial charge in [0, 0.05) is 13.1 Å². The van der Waals surface area contributed by atoms with Crippen LogP contribution in [0.1, 0.15) is 5.56 Å². The summed E-state index contributed by atoms with van der Waals surface area (Å²) in [4.78, 5) is 2.10. The van der Waals surface area contributed by atoms with Crippen LogP contribution >= 0.6 is 0 Å². The van der Waals surface area contributed by atoms with Gasteiger partial charge < -0.3 is 15.3 Å². The van der Waals surface area contributed by atoms with E-state index in [0.29, 0.717) is 5.75 Å². The number of benzene rings is 1. The van der Waals surface area contributed by atoms with Crippen molar-refractivity contribution in [3.63, 3.8) is 0 Å². The molecule has 0 saturated heterocycles. The van der Waals surface area contributed by atoms with E-state index in [2.05, 4.69) is 10.2 Å². The Kier molecular flexibility index (Phi) is 3.77. The van der Waals surface area contributed by atoms with Gasteiger partial charge in [-0.25, -0.2) is 0 Å². The van der Waals surface area contributed by atoms with Crippen molar-refractivity contribution in [2.75, 3.05) is 32.5 Å². The summed E-state index contributed by atoms with van der Waals surface area (Å²) in [6, 6.07) is 5.56. The third-order valence-corrected chi connectivity index (χ3v) is 2.03. The van der Waals surface area contributed by atoms with E-state index in [0.717, 1.165) is 24.3 Å². The Morgan fingerprint density at radius 2 is 2.07 bits per heavy atom. The highest BCUT2D eigenvalue weighted by Gasteiger charge is 1.99. The second-order valence-electron chi connectivity index (χ2n) is 3.75. The molecule has 78 valence electrons. The first-order chi connectivity index (χ1) is 6.59. The van der Waals surface area contributed by atoms with Crippen molar-refractivity contribution in [1.29, 1.82) is 0 Å². The monoisotopic (exact) mass is 194 g/mol. The highest BCUT2D eigenvalue weighted by molar-refractivity contribution is 5.57. The molecule has 0 unspecified atom stereocenters. The van der Waals surface area contributed by atoms with Crippen LogP contribution in [-0.4, -0.2) is 37.2 Å². The molecule has 2 N–H and O–H groups in total. The maximum atomic E-state index is 9.52. The standard InChI is InChI=1S/C11H18N2O/c1-9-4-5-11(14)10(8-9)12-6-7-13(2)3/h4-5,8,12,14H,6-7H2,1-3H3. The first-order valence-corrected chi connectivity index (χ1v) is 4.78. The number of aryl methyl sites for hydroxylation is 1. The Morgan fingerprint density at radius 1 is 1.36 bits per heavy atom. The molecule has 0 radical (unpaired) electrons. The minimum Gasteiger partial charge on any atom is -0.506 e. The highest BCUT2D eigenvalue weighted by Crippen LogP contribution is 2.23. The fraction of sp³-hybridized carbons (Fsp3) is 0.455. The van der Waals surface area contributed by atoms with Crippen molar-refractivity contribution in [2.24, 2.45) is 0 Å². The van der Waals surface area contributed by atoms with Gasteiger partial charge in [0.15, 0.2) is 0 Å². The van der Waals surface area contributed by atoms with Crippen LogP contribution in [0.4, 0.5) is 5.69 Å². The molecule has 0 aliphatic heterocycles. The molecule has 0 atom stereocenters. The molecule has 0 amide bonds. The summed E-state index contributed by atoms with van der Waals surface area (Å²) in [5.74, 6) is 0.314. The third kappa shape index (κ3) is 3.26. The molecule has 1 aromatic rings. The Hall–Kier alpha value is -1.22. The Morgan fingerprint density at radius 3 is 2.71 bits per heavy atom. The summed E-state index contributed by atoms with van der Waals surface area (Å²) >= 11 is 0. The molecule has 3 nitrogen and oxygen atoms in total. The molecule has 0 spiro atoms. The smallest absolute Gasteiger partial charge is 0.138 e. The number of nitrogens with one attached hydrogen (secondary N) is 1. The lowest BCUT2D eigenvalue weighted by molar-refractivity contribution is 0.424. The van der Waals surface area contributed by atoms with Gasteiger partial charge in [0.2, 0.25) is 0 Å². The number of hydrogen-bond acceptors (Lipinski definition) is 3. The molecule has 14 heavy (non-hydrogen) atoms. The fourth-order valence-electron chi connectivity index (χ4n) is 1.21. The minimum atomic E-state index is 0.314. The second kappa shape index (κ2) is 4.86. The molecule has 0 fully saturated rings. The van der Waals surface area contributed by atoms with Crippen molar-refractivity contribution in [3.8, 4) is 5.75 Å². The van der Waals surface area contributed by atoms with Gasteiger partial charge in [-0.2, -0.15) is 0 Å². The van der Waals surface area contributed by atoms with Crippen molar-refractivity contribution in [1.82, 2.24) is 4.90 Å². The van der Waals surface area contributed by atoms with Crippen LogP contribution in [0.5, 0.6) is 5.75 Å². The van der Waals surface area contributed by atoms with Crippen LogP contribution in [0.3, 0.4) is 0 Å². The summed E-state index contributed by atoms with van der Waals surface area (Å²) in [5, 5.41) is 12.7. The maximum Gasteiger partial charge on any atom is 0.138 e. The van der Waals surface area contributed by atoms with Crippen LogP contribution in [-0.2, 0) is 0 Å². The summed E-state index contributed by atoms with van der Waals surface area (Å²) in [7, 11) is 4.05. The van der Waals surface area contributed by atoms with Gasteiger partial charge in [-0.05, 0) is 38.7 Å². The zero-order chi connectivity index (χ0) is 10.6. The van der Waals surface area contributed by atoms with Gasteiger partial charge in [-0.1, -0.05) is 6.07 Å². The number of rotatable bonds is 4. The van der Waals surface area contributed by atoms with Crippen LogP contribution < -0.4 is 5.32 Å². The third-order valence-electron chi connectivity index (χ3n) is 2.03. The van der Waals surface area contributed by atoms with E-state index in [-0.39, 0.29) is 0 Å². The van der Waals surface area contributed by atoms with E-state index in [9.17, 15) is 5.11 Å². The van der Waals surface area contributed by atoms with Gasteiger partial charge in [-0.3, -0.25) is 0 Å². The fourth-order valence-corrected chi connectivity index (χ4v) is 1.21.